The van der Waals surface area contributed by atoms with Crippen molar-refractivity contribution in [2.24, 2.45) is 0 Å². The van der Waals surface area contributed by atoms with Crippen molar-refractivity contribution in [2.75, 3.05) is 13.1 Å². The second kappa shape index (κ2) is 6.99. The van der Waals surface area contributed by atoms with Crippen LogP contribution in [-0.4, -0.2) is 18.0 Å². The molecule has 0 radical (unpaired) electrons. The minimum atomic E-state index is 1.27. The van der Waals surface area contributed by atoms with E-state index in [1.807, 2.05) is 0 Å². The Labute approximate surface area is 82.8 Å². The fourth-order valence-electron chi connectivity index (χ4n) is 1.80. The average Bonchev–Trinajstić information content (AvgIpc) is 2.63. The van der Waals surface area contributed by atoms with Crippen molar-refractivity contribution in [1.82, 2.24) is 4.90 Å². The van der Waals surface area contributed by atoms with Crippen LogP contribution in [0.15, 0.2) is 12.3 Å². The first-order chi connectivity index (χ1) is 6.43. The fraction of sp³-hybridized carbons (Fsp3) is 0.833. The molecule has 0 aromatic heterocycles. The lowest BCUT2D eigenvalue weighted by Gasteiger charge is -2.09. The Morgan fingerprint density at radius 1 is 1.08 bits per heavy atom. The molecule has 0 atom stereocenters. The van der Waals surface area contributed by atoms with Crippen molar-refractivity contribution >= 4 is 0 Å². The van der Waals surface area contributed by atoms with Gasteiger partial charge >= 0.3 is 0 Å². The van der Waals surface area contributed by atoms with Crippen LogP contribution < -0.4 is 0 Å². The molecule has 0 aromatic carbocycles. The van der Waals surface area contributed by atoms with Crippen molar-refractivity contribution < 1.29 is 0 Å². The Morgan fingerprint density at radius 3 is 2.54 bits per heavy atom. The molecule has 13 heavy (non-hydrogen) atoms. The van der Waals surface area contributed by atoms with Crippen LogP contribution in [0.4, 0.5) is 0 Å². The lowest BCUT2D eigenvalue weighted by Crippen LogP contribution is -2.09. The summed E-state index contributed by atoms with van der Waals surface area (Å²) in [5.41, 5.74) is 0. The SMILES string of the molecule is CCCCCC/C=C/N1CCCC1. The predicted molar refractivity (Wildman–Crippen MR) is 58.7 cm³/mol. The molecule has 1 rings (SSSR count). The van der Waals surface area contributed by atoms with Gasteiger partial charge in [-0.05, 0) is 31.9 Å². The average molecular weight is 181 g/mol. The molecule has 1 fully saturated rings. The van der Waals surface area contributed by atoms with E-state index in [2.05, 4.69) is 24.1 Å². The van der Waals surface area contributed by atoms with E-state index in [9.17, 15) is 0 Å². The van der Waals surface area contributed by atoms with Crippen LogP contribution in [0.3, 0.4) is 0 Å². The molecule has 1 heteroatoms. The van der Waals surface area contributed by atoms with E-state index in [1.54, 1.807) is 0 Å². The molecule has 0 saturated carbocycles. The van der Waals surface area contributed by atoms with Gasteiger partial charge in [0.2, 0.25) is 0 Å². The summed E-state index contributed by atoms with van der Waals surface area (Å²) >= 11 is 0. The van der Waals surface area contributed by atoms with Gasteiger partial charge in [0.05, 0.1) is 0 Å². The monoisotopic (exact) mass is 181 g/mol. The second-order valence-electron chi connectivity index (χ2n) is 3.98. The van der Waals surface area contributed by atoms with Crippen molar-refractivity contribution in [1.29, 1.82) is 0 Å². The number of hydrogen-bond donors (Lipinski definition) is 0. The van der Waals surface area contributed by atoms with E-state index in [0.29, 0.717) is 0 Å². The summed E-state index contributed by atoms with van der Waals surface area (Å²) in [4.78, 5) is 2.44. The smallest absolute Gasteiger partial charge is 0.0173 e. The highest BCUT2D eigenvalue weighted by atomic mass is 15.1. The van der Waals surface area contributed by atoms with Crippen LogP contribution in [0.5, 0.6) is 0 Å². The third kappa shape index (κ3) is 4.97. The van der Waals surface area contributed by atoms with Gasteiger partial charge in [0.15, 0.2) is 0 Å². The number of allylic oxidation sites excluding steroid dienone is 1. The quantitative estimate of drug-likeness (QED) is 0.566. The van der Waals surface area contributed by atoms with Crippen molar-refractivity contribution in [3.05, 3.63) is 12.3 Å². The summed E-state index contributed by atoms with van der Waals surface area (Å²) in [7, 11) is 0. The molecular weight excluding hydrogens is 158 g/mol. The molecule has 0 amide bonds. The fourth-order valence-corrected chi connectivity index (χ4v) is 1.80. The summed E-state index contributed by atoms with van der Waals surface area (Å²) in [6.45, 7) is 4.83. The van der Waals surface area contributed by atoms with Crippen molar-refractivity contribution in [2.45, 2.75) is 51.9 Å². The highest BCUT2D eigenvalue weighted by molar-refractivity contribution is 4.84. The van der Waals surface area contributed by atoms with Crippen LogP contribution in [0.1, 0.15) is 51.9 Å². The molecule has 1 nitrogen and oxygen atoms in total. The van der Waals surface area contributed by atoms with E-state index in [4.69, 9.17) is 0 Å². The molecule has 1 aliphatic heterocycles. The molecule has 1 saturated heterocycles. The molecule has 1 heterocycles. The number of likely N-dealkylation sites (tertiary alicyclic amines) is 1. The maximum atomic E-state index is 2.44. The topological polar surface area (TPSA) is 3.24 Å². The normalized spacial score (nSPS) is 17.5. The summed E-state index contributed by atoms with van der Waals surface area (Å²) in [5, 5.41) is 0. The minimum absolute atomic E-state index is 1.27. The maximum Gasteiger partial charge on any atom is 0.0173 e. The maximum absolute atomic E-state index is 2.44. The van der Waals surface area contributed by atoms with E-state index < -0.39 is 0 Å². The molecular formula is C12H23N. The zero-order chi connectivity index (χ0) is 9.36. The van der Waals surface area contributed by atoms with E-state index >= 15 is 0 Å². The Bertz CT molecular complexity index is 134. The molecule has 0 bridgehead atoms. The van der Waals surface area contributed by atoms with Gasteiger partial charge < -0.3 is 4.90 Å². The minimum Gasteiger partial charge on any atom is -0.378 e. The Kier molecular flexibility index (Phi) is 5.71. The van der Waals surface area contributed by atoms with Gasteiger partial charge in [0, 0.05) is 13.1 Å². The largest absolute Gasteiger partial charge is 0.378 e. The predicted octanol–water partition coefficient (Wildman–Crippen LogP) is 3.57. The van der Waals surface area contributed by atoms with E-state index in [1.165, 1.54) is 58.0 Å². The van der Waals surface area contributed by atoms with Gasteiger partial charge in [-0.15, -0.1) is 0 Å². The standard InChI is InChI=1S/C12H23N/c1-2-3-4-5-6-7-10-13-11-8-9-12-13/h7,10H,2-6,8-9,11-12H2,1H3/b10-7+. The van der Waals surface area contributed by atoms with Gasteiger partial charge in [-0.2, -0.15) is 0 Å². The zero-order valence-corrected chi connectivity index (χ0v) is 8.97. The molecule has 0 aromatic rings. The van der Waals surface area contributed by atoms with Crippen LogP contribution in [0, 0.1) is 0 Å². The Balaban J connectivity index is 1.91. The highest BCUT2D eigenvalue weighted by Gasteiger charge is 2.05. The lowest BCUT2D eigenvalue weighted by molar-refractivity contribution is 0.465. The second-order valence-corrected chi connectivity index (χ2v) is 3.98. The number of unbranched alkanes of at least 4 members (excludes halogenated alkanes) is 4. The van der Waals surface area contributed by atoms with Crippen LogP contribution in [0.2, 0.25) is 0 Å². The van der Waals surface area contributed by atoms with E-state index in [-0.39, 0.29) is 0 Å². The zero-order valence-electron chi connectivity index (χ0n) is 8.97. The number of hydrogen-bond acceptors (Lipinski definition) is 1. The van der Waals surface area contributed by atoms with Crippen LogP contribution in [-0.2, 0) is 0 Å². The van der Waals surface area contributed by atoms with Gasteiger partial charge in [-0.1, -0.05) is 32.3 Å². The van der Waals surface area contributed by atoms with Crippen LogP contribution >= 0.6 is 0 Å². The first-order valence-electron chi connectivity index (χ1n) is 5.84. The number of rotatable bonds is 6. The lowest BCUT2D eigenvalue weighted by atomic mass is 10.1. The summed E-state index contributed by atoms with van der Waals surface area (Å²) in [6, 6.07) is 0. The molecule has 76 valence electrons. The first kappa shape index (κ1) is 10.6. The van der Waals surface area contributed by atoms with Crippen molar-refractivity contribution in [3.63, 3.8) is 0 Å². The Hall–Kier alpha value is -0.460. The molecule has 0 aliphatic carbocycles. The third-order valence-electron chi connectivity index (χ3n) is 2.68. The summed E-state index contributed by atoms with van der Waals surface area (Å²) in [6.07, 6.45) is 14.2. The Morgan fingerprint density at radius 2 is 1.85 bits per heavy atom. The van der Waals surface area contributed by atoms with Gasteiger partial charge in [0.1, 0.15) is 0 Å². The molecule has 0 unspecified atom stereocenters. The van der Waals surface area contributed by atoms with E-state index in [0.717, 1.165) is 0 Å². The highest BCUT2D eigenvalue weighted by Crippen LogP contribution is 2.08. The molecule has 0 N–H and O–H groups in total. The van der Waals surface area contributed by atoms with Gasteiger partial charge in [0.25, 0.3) is 0 Å². The first-order valence-corrected chi connectivity index (χ1v) is 5.84. The number of nitrogens with zero attached hydrogens (tertiary/aromatic N) is 1. The molecule has 0 spiro atoms. The third-order valence-corrected chi connectivity index (χ3v) is 2.68. The summed E-state index contributed by atoms with van der Waals surface area (Å²) in [5.74, 6) is 0. The summed E-state index contributed by atoms with van der Waals surface area (Å²) < 4.78 is 0. The van der Waals surface area contributed by atoms with Gasteiger partial charge in [-0.25, -0.2) is 0 Å². The van der Waals surface area contributed by atoms with Crippen LogP contribution in [0.25, 0.3) is 0 Å². The molecule has 1 aliphatic rings. The van der Waals surface area contributed by atoms with Crippen molar-refractivity contribution in [3.8, 4) is 0 Å². The van der Waals surface area contributed by atoms with Gasteiger partial charge in [-0.3, -0.25) is 0 Å².